The van der Waals surface area contributed by atoms with Crippen molar-refractivity contribution in [1.29, 1.82) is 0 Å². The zero-order valence-corrected chi connectivity index (χ0v) is 5.53. The predicted molar refractivity (Wildman–Crippen MR) is 31.8 cm³/mol. The standard InChI is InChI=1S/C6H10O3/c1-7-5-3-4-6(8-2)9-5/h3-6H,1-2H3/t5-,6+. The van der Waals surface area contributed by atoms with Gasteiger partial charge in [-0.05, 0) is 12.2 Å². The lowest BCUT2D eigenvalue weighted by atomic mass is 10.5. The van der Waals surface area contributed by atoms with Crippen molar-refractivity contribution in [3.05, 3.63) is 12.2 Å². The van der Waals surface area contributed by atoms with Crippen molar-refractivity contribution in [2.75, 3.05) is 14.2 Å². The molecule has 3 heteroatoms. The van der Waals surface area contributed by atoms with E-state index in [4.69, 9.17) is 14.2 Å². The summed E-state index contributed by atoms with van der Waals surface area (Å²) in [4.78, 5) is 0. The number of rotatable bonds is 2. The molecule has 52 valence electrons. The molecule has 3 nitrogen and oxygen atoms in total. The molecule has 0 aromatic heterocycles. The summed E-state index contributed by atoms with van der Waals surface area (Å²) in [5, 5.41) is 0. The molecule has 1 heterocycles. The van der Waals surface area contributed by atoms with Crippen LogP contribution in [-0.4, -0.2) is 26.8 Å². The van der Waals surface area contributed by atoms with Gasteiger partial charge in [-0.1, -0.05) is 0 Å². The van der Waals surface area contributed by atoms with Gasteiger partial charge in [0.05, 0.1) is 0 Å². The molecule has 2 atom stereocenters. The fraction of sp³-hybridized carbons (Fsp3) is 0.667. The van der Waals surface area contributed by atoms with Crippen molar-refractivity contribution in [3.63, 3.8) is 0 Å². The molecule has 1 aliphatic rings. The highest BCUT2D eigenvalue weighted by atomic mass is 16.8. The average molecular weight is 130 g/mol. The van der Waals surface area contributed by atoms with Crippen LogP contribution < -0.4 is 0 Å². The minimum absolute atomic E-state index is 0.227. The highest BCUT2D eigenvalue weighted by molar-refractivity contribution is 4.94. The van der Waals surface area contributed by atoms with Gasteiger partial charge in [0.15, 0.2) is 12.6 Å². The van der Waals surface area contributed by atoms with E-state index in [1.165, 1.54) is 0 Å². The van der Waals surface area contributed by atoms with Crippen LogP contribution in [0, 0.1) is 0 Å². The Morgan fingerprint density at radius 2 is 1.56 bits per heavy atom. The predicted octanol–water partition coefficient (Wildman–Crippen LogP) is 0.518. The highest BCUT2D eigenvalue weighted by Gasteiger charge is 2.16. The maximum Gasteiger partial charge on any atom is 0.180 e. The molecule has 0 saturated heterocycles. The van der Waals surface area contributed by atoms with E-state index in [1.807, 2.05) is 12.2 Å². The van der Waals surface area contributed by atoms with Crippen molar-refractivity contribution in [1.82, 2.24) is 0 Å². The van der Waals surface area contributed by atoms with E-state index in [1.54, 1.807) is 14.2 Å². The molecule has 0 aromatic carbocycles. The third kappa shape index (κ3) is 1.51. The lowest BCUT2D eigenvalue weighted by Crippen LogP contribution is -2.14. The van der Waals surface area contributed by atoms with Crippen molar-refractivity contribution < 1.29 is 14.2 Å². The number of ether oxygens (including phenoxy) is 3. The summed E-state index contributed by atoms with van der Waals surface area (Å²) >= 11 is 0. The van der Waals surface area contributed by atoms with Gasteiger partial charge in [-0.15, -0.1) is 0 Å². The lowest BCUT2D eigenvalue weighted by molar-refractivity contribution is -0.173. The van der Waals surface area contributed by atoms with Gasteiger partial charge >= 0.3 is 0 Å². The van der Waals surface area contributed by atoms with Crippen LogP contribution in [0.3, 0.4) is 0 Å². The molecule has 0 unspecified atom stereocenters. The van der Waals surface area contributed by atoms with Gasteiger partial charge in [-0.3, -0.25) is 0 Å². The summed E-state index contributed by atoms with van der Waals surface area (Å²) in [5.41, 5.74) is 0. The van der Waals surface area contributed by atoms with E-state index in [9.17, 15) is 0 Å². The lowest BCUT2D eigenvalue weighted by Gasteiger charge is -2.09. The topological polar surface area (TPSA) is 27.7 Å². The summed E-state index contributed by atoms with van der Waals surface area (Å²) in [6, 6.07) is 0. The Morgan fingerprint density at radius 1 is 1.11 bits per heavy atom. The van der Waals surface area contributed by atoms with Gasteiger partial charge in [0.1, 0.15) is 0 Å². The maximum absolute atomic E-state index is 5.10. The minimum Gasteiger partial charge on any atom is -0.352 e. The van der Waals surface area contributed by atoms with Crippen LogP contribution in [-0.2, 0) is 14.2 Å². The molecule has 0 aliphatic carbocycles. The maximum atomic E-state index is 5.10. The van der Waals surface area contributed by atoms with E-state index in [0.717, 1.165) is 0 Å². The molecule has 0 N–H and O–H groups in total. The fourth-order valence-electron chi connectivity index (χ4n) is 0.673. The zero-order valence-electron chi connectivity index (χ0n) is 5.53. The fourth-order valence-corrected chi connectivity index (χ4v) is 0.673. The molecule has 0 amide bonds. The summed E-state index contributed by atoms with van der Waals surface area (Å²) in [7, 11) is 3.18. The summed E-state index contributed by atoms with van der Waals surface area (Å²) in [6.45, 7) is 0. The Labute approximate surface area is 54.2 Å². The average Bonchev–Trinajstić information content (AvgIpc) is 2.34. The molecule has 9 heavy (non-hydrogen) atoms. The van der Waals surface area contributed by atoms with Gasteiger partial charge < -0.3 is 14.2 Å². The molecule has 0 bridgehead atoms. The number of methoxy groups -OCH3 is 2. The van der Waals surface area contributed by atoms with Gasteiger partial charge in [0.2, 0.25) is 0 Å². The summed E-state index contributed by atoms with van der Waals surface area (Å²) < 4.78 is 14.8. The third-order valence-electron chi connectivity index (χ3n) is 1.16. The number of hydrogen-bond acceptors (Lipinski definition) is 3. The molecule has 1 rings (SSSR count). The molecule has 0 saturated carbocycles. The van der Waals surface area contributed by atoms with Crippen LogP contribution in [0.4, 0.5) is 0 Å². The Bertz CT molecular complexity index is 98.9. The summed E-state index contributed by atoms with van der Waals surface area (Å²) in [5.74, 6) is 0. The molecule has 0 spiro atoms. The Morgan fingerprint density at radius 3 is 1.78 bits per heavy atom. The van der Waals surface area contributed by atoms with E-state index in [0.29, 0.717) is 0 Å². The highest BCUT2D eigenvalue weighted by Crippen LogP contribution is 2.11. The van der Waals surface area contributed by atoms with Crippen LogP contribution in [0.2, 0.25) is 0 Å². The monoisotopic (exact) mass is 130 g/mol. The largest absolute Gasteiger partial charge is 0.352 e. The minimum atomic E-state index is -0.227. The molecule has 0 fully saturated rings. The first-order valence-electron chi connectivity index (χ1n) is 2.76. The van der Waals surface area contributed by atoms with Crippen LogP contribution in [0.25, 0.3) is 0 Å². The number of hydrogen-bond donors (Lipinski definition) is 0. The van der Waals surface area contributed by atoms with Gasteiger partial charge in [-0.2, -0.15) is 0 Å². The van der Waals surface area contributed by atoms with Crippen LogP contribution in [0.1, 0.15) is 0 Å². The van der Waals surface area contributed by atoms with Crippen LogP contribution in [0.15, 0.2) is 12.2 Å². The molecular formula is C6H10O3. The van der Waals surface area contributed by atoms with Gasteiger partial charge in [0, 0.05) is 14.2 Å². The Kier molecular flexibility index (Phi) is 2.22. The molecule has 0 aromatic rings. The van der Waals surface area contributed by atoms with E-state index >= 15 is 0 Å². The molecular weight excluding hydrogens is 120 g/mol. The van der Waals surface area contributed by atoms with E-state index in [-0.39, 0.29) is 12.6 Å². The van der Waals surface area contributed by atoms with E-state index < -0.39 is 0 Å². The third-order valence-corrected chi connectivity index (χ3v) is 1.16. The van der Waals surface area contributed by atoms with Gasteiger partial charge in [-0.25, -0.2) is 0 Å². The first-order chi connectivity index (χ1) is 4.36. The zero-order chi connectivity index (χ0) is 6.69. The SMILES string of the molecule is CO[C@H]1C=C[C@@H](OC)O1. The van der Waals surface area contributed by atoms with Crippen LogP contribution >= 0.6 is 0 Å². The van der Waals surface area contributed by atoms with Crippen molar-refractivity contribution in [2.45, 2.75) is 12.6 Å². The second-order valence-electron chi connectivity index (χ2n) is 1.73. The van der Waals surface area contributed by atoms with E-state index in [2.05, 4.69) is 0 Å². The Balaban J connectivity index is 2.31. The second kappa shape index (κ2) is 2.96. The van der Waals surface area contributed by atoms with Crippen molar-refractivity contribution in [2.24, 2.45) is 0 Å². The van der Waals surface area contributed by atoms with Gasteiger partial charge in [0.25, 0.3) is 0 Å². The van der Waals surface area contributed by atoms with Crippen molar-refractivity contribution >= 4 is 0 Å². The first-order valence-corrected chi connectivity index (χ1v) is 2.76. The molecule has 1 aliphatic heterocycles. The Hall–Kier alpha value is -0.380. The first kappa shape index (κ1) is 6.74. The second-order valence-corrected chi connectivity index (χ2v) is 1.73. The quantitative estimate of drug-likeness (QED) is 0.510. The molecule has 0 radical (unpaired) electrons. The smallest absolute Gasteiger partial charge is 0.180 e. The van der Waals surface area contributed by atoms with Crippen molar-refractivity contribution in [3.8, 4) is 0 Å². The summed E-state index contributed by atoms with van der Waals surface area (Å²) in [6.07, 6.45) is 3.17. The van der Waals surface area contributed by atoms with Crippen LogP contribution in [0.5, 0.6) is 0 Å². The normalized spacial score (nSPS) is 33.6.